The fourth-order valence-corrected chi connectivity index (χ4v) is 8.19. The van der Waals surface area contributed by atoms with E-state index in [1.54, 1.807) is 5.38 Å². The maximum Gasteiger partial charge on any atom is 0.410 e. The first-order valence-corrected chi connectivity index (χ1v) is 15.4. The molecule has 3 aliphatic rings. The van der Waals surface area contributed by atoms with Crippen LogP contribution in [0.3, 0.4) is 0 Å². The number of ether oxygens (including phenoxy) is 1. The molecule has 0 spiro atoms. The summed E-state index contributed by atoms with van der Waals surface area (Å²) in [6.45, 7) is 3.51. The maximum atomic E-state index is 13.4. The first-order valence-electron chi connectivity index (χ1n) is 13.7. The minimum absolute atomic E-state index is 0.0906. The second kappa shape index (κ2) is 12.4. The van der Waals surface area contributed by atoms with Crippen molar-refractivity contribution in [3.05, 3.63) is 66.6 Å². The van der Waals surface area contributed by atoms with Gasteiger partial charge in [-0.1, -0.05) is 6.92 Å². The number of thiazole rings is 1. The third-order valence-electron chi connectivity index (χ3n) is 7.94. The lowest BCUT2D eigenvalue weighted by Gasteiger charge is -2.46. The van der Waals surface area contributed by atoms with Crippen molar-refractivity contribution >= 4 is 52.8 Å². The number of aromatic nitrogens is 1. The molecule has 2 aromatic rings. The highest BCUT2D eigenvalue weighted by Gasteiger charge is 2.60. The number of aliphatic hydroxyl groups is 1. The Morgan fingerprint density at radius 1 is 1.32 bits per heavy atom. The van der Waals surface area contributed by atoms with Crippen molar-refractivity contribution in [1.82, 2.24) is 20.1 Å². The number of carbonyl (C=O) groups is 4. The molecule has 5 rings (SSSR count). The topological polar surface area (TPSA) is 219 Å². The molecule has 2 saturated heterocycles. The third kappa shape index (κ3) is 5.94. The van der Waals surface area contributed by atoms with Gasteiger partial charge in [0.25, 0.3) is 5.69 Å². The molecule has 4 heterocycles. The van der Waals surface area contributed by atoms with Crippen molar-refractivity contribution < 1.29 is 39.1 Å². The highest BCUT2D eigenvalue weighted by atomic mass is 32.2. The molecular formula is C27H30N6O9S2. The molecule has 17 heteroatoms. The molecule has 44 heavy (non-hydrogen) atoms. The fraction of sp³-hybridized carbons (Fsp3) is 0.444. The number of nitrogens with one attached hydrogen (secondary N) is 1. The van der Waals surface area contributed by atoms with Crippen LogP contribution in [-0.4, -0.2) is 77.9 Å². The molecule has 6 atom stereocenters. The number of rotatable bonds is 10. The van der Waals surface area contributed by atoms with E-state index in [9.17, 15) is 39.5 Å². The van der Waals surface area contributed by atoms with Crippen LogP contribution in [0.15, 0.2) is 40.2 Å². The Hall–Kier alpha value is -4.22. The monoisotopic (exact) mass is 646 g/mol. The number of carboxylic acids is 1. The third-order valence-corrected chi connectivity index (χ3v) is 10.3. The number of amides is 4. The van der Waals surface area contributed by atoms with Gasteiger partial charge in [0.05, 0.1) is 41.3 Å². The van der Waals surface area contributed by atoms with Crippen LogP contribution >= 0.6 is 23.1 Å². The summed E-state index contributed by atoms with van der Waals surface area (Å²) in [5.74, 6) is -2.69. The van der Waals surface area contributed by atoms with E-state index >= 15 is 0 Å². The number of primary amides is 1. The van der Waals surface area contributed by atoms with Crippen LogP contribution in [-0.2, 0) is 27.5 Å². The Morgan fingerprint density at radius 3 is 2.64 bits per heavy atom. The number of thioether (sulfide) groups is 1. The molecule has 0 saturated carbocycles. The van der Waals surface area contributed by atoms with Crippen LogP contribution in [0, 0.1) is 22.0 Å². The Morgan fingerprint density at radius 2 is 2.02 bits per heavy atom. The minimum Gasteiger partial charge on any atom is -0.477 e. The first kappa shape index (κ1) is 31.2. The fourth-order valence-electron chi connectivity index (χ4n) is 5.89. The van der Waals surface area contributed by atoms with E-state index in [0.29, 0.717) is 27.6 Å². The zero-order valence-corrected chi connectivity index (χ0v) is 25.2. The number of hydrogen-bond donors (Lipinski definition) is 4. The zero-order valence-electron chi connectivity index (χ0n) is 23.6. The van der Waals surface area contributed by atoms with Gasteiger partial charge >= 0.3 is 18.1 Å². The Labute approximate surface area is 259 Å². The average Bonchev–Trinajstić information content (AvgIpc) is 3.66. The number of carbonyl (C=O) groups excluding carboxylic acids is 3. The van der Waals surface area contributed by atoms with Gasteiger partial charge in [-0.2, -0.15) is 0 Å². The number of carboxylic acid groups (broad SMARTS) is 1. The number of non-ortho nitro benzene ring substituents is 1. The number of urea groups is 1. The van der Waals surface area contributed by atoms with Crippen molar-refractivity contribution in [3.8, 4) is 0 Å². The van der Waals surface area contributed by atoms with E-state index in [2.05, 4.69) is 10.3 Å². The normalized spacial score (nSPS) is 25.0. The summed E-state index contributed by atoms with van der Waals surface area (Å²) in [5, 5.41) is 35.7. The van der Waals surface area contributed by atoms with Gasteiger partial charge in [0, 0.05) is 40.1 Å². The minimum atomic E-state index is -1.24. The van der Waals surface area contributed by atoms with Gasteiger partial charge < -0.3 is 30.9 Å². The van der Waals surface area contributed by atoms with Crippen LogP contribution < -0.4 is 11.1 Å². The van der Waals surface area contributed by atoms with Crippen LogP contribution in [0.5, 0.6) is 0 Å². The molecule has 15 nitrogen and oxygen atoms in total. The second-order valence-corrected chi connectivity index (χ2v) is 13.1. The maximum absolute atomic E-state index is 13.4. The van der Waals surface area contributed by atoms with Gasteiger partial charge in [-0.25, -0.2) is 19.4 Å². The van der Waals surface area contributed by atoms with Crippen LogP contribution in [0.2, 0.25) is 0 Å². The van der Waals surface area contributed by atoms with Crippen molar-refractivity contribution in [3.63, 3.8) is 0 Å². The molecule has 4 amide bonds. The number of nitro groups is 1. The number of nitro benzene ring substituents is 1. The zero-order chi connectivity index (χ0) is 31.9. The van der Waals surface area contributed by atoms with Gasteiger partial charge in [-0.3, -0.25) is 19.8 Å². The SMILES string of the molecule is C[C@@H](O)[C@H]1C(=O)N2C(C(=O)O)=C(S[C@H]3C[C@@H](c4csc(CNC(N)=O)n4)N(C(=O)OCc4ccc([N+](=O)[O-])cc4)C3)[C@H](C)[C@H]12. The lowest BCUT2D eigenvalue weighted by Crippen LogP contribution is -2.63. The summed E-state index contributed by atoms with van der Waals surface area (Å²) in [5.41, 5.74) is 6.09. The van der Waals surface area contributed by atoms with Crippen molar-refractivity contribution in [2.24, 2.45) is 17.6 Å². The summed E-state index contributed by atoms with van der Waals surface area (Å²) in [6, 6.07) is 3.92. The van der Waals surface area contributed by atoms with Gasteiger partial charge in [0.2, 0.25) is 5.91 Å². The van der Waals surface area contributed by atoms with E-state index in [1.807, 2.05) is 6.92 Å². The number of likely N-dealkylation sites (tertiary alicyclic amines) is 1. The van der Waals surface area contributed by atoms with E-state index in [1.165, 1.54) is 64.1 Å². The predicted octanol–water partition coefficient (Wildman–Crippen LogP) is 2.56. The summed E-state index contributed by atoms with van der Waals surface area (Å²) in [7, 11) is 0. The summed E-state index contributed by atoms with van der Waals surface area (Å²) < 4.78 is 5.57. The second-order valence-electron chi connectivity index (χ2n) is 10.8. The van der Waals surface area contributed by atoms with Crippen LogP contribution in [0.4, 0.5) is 15.3 Å². The molecule has 0 unspecified atom stereocenters. The molecule has 234 valence electrons. The average molecular weight is 647 g/mol. The lowest BCUT2D eigenvalue weighted by atomic mass is 9.79. The smallest absolute Gasteiger partial charge is 0.410 e. The van der Waals surface area contributed by atoms with E-state index in [-0.39, 0.29) is 42.2 Å². The van der Waals surface area contributed by atoms with Gasteiger partial charge in [-0.05, 0) is 31.0 Å². The highest BCUT2D eigenvalue weighted by Crippen LogP contribution is 2.53. The van der Waals surface area contributed by atoms with Crippen molar-refractivity contribution in [1.29, 1.82) is 0 Å². The number of nitrogens with zero attached hydrogens (tertiary/aromatic N) is 4. The van der Waals surface area contributed by atoms with Crippen molar-refractivity contribution in [2.45, 2.75) is 56.9 Å². The number of benzene rings is 1. The van der Waals surface area contributed by atoms with Crippen LogP contribution in [0.25, 0.3) is 0 Å². The van der Waals surface area contributed by atoms with Crippen LogP contribution in [0.1, 0.15) is 42.6 Å². The standard InChI is InChI=1S/C27H30N6O9S2/c1-12-21-20(13(2)34)24(35)32(21)22(25(36)37)23(12)44-16-7-18(17-11-43-19(30-17)8-29-26(28)38)31(9-16)27(39)42-10-14-3-5-15(6-4-14)33(40)41/h3-6,11-13,16,18,20-21,34H,7-10H2,1-2H3,(H,36,37)(H3,28,29,38)/t12-,13-,16+,18+,20-,21-/m1/s1. The first-order chi connectivity index (χ1) is 20.9. The largest absolute Gasteiger partial charge is 0.477 e. The summed E-state index contributed by atoms with van der Waals surface area (Å²) in [6.07, 6.45) is -1.18. The Bertz CT molecular complexity index is 1530. The van der Waals surface area contributed by atoms with E-state index in [4.69, 9.17) is 10.5 Å². The quantitative estimate of drug-likeness (QED) is 0.167. The predicted molar refractivity (Wildman–Crippen MR) is 157 cm³/mol. The summed E-state index contributed by atoms with van der Waals surface area (Å²) in [4.78, 5) is 67.9. The number of aliphatic hydroxyl groups excluding tert-OH is 1. The van der Waals surface area contributed by atoms with Crippen molar-refractivity contribution in [2.75, 3.05) is 6.54 Å². The molecule has 2 fully saturated rings. The molecule has 3 aliphatic heterocycles. The van der Waals surface area contributed by atoms with Gasteiger partial charge in [0.1, 0.15) is 17.3 Å². The molecule has 0 radical (unpaired) electrons. The number of nitrogens with two attached hydrogens (primary N) is 1. The molecular weight excluding hydrogens is 616 g/mol. The summed E-state index contributed by atoms with van der Waals surface area (Å²) >= 11 is 2.57. The van der Waals surface area contributed by atoms with Gasteiger partial charge in [-0.15, -0.1) is 23.1 Å². The van der Waals surface area contributed by atoms with E-state index < -0.39 is 53.0 Å². The Balaban J connectivity index is 1.36. The molecule has 0 bridgehead atoms. The molecule has 1 aromatic heterocycles. The molecule has 0 aliphatic carbocycles. The van der Waals surface area contributed by atoms with Gasteiger partial charge in [0.15, 0.2) is 0 Å². The highest BCUT2D eigenvalue weighted by molar-refractivity contribution is 8.03. The number of β-lactam (4-membered cyclic amide) rings is 1. The lowest BCUT2D eigenvalue weighted by molar-refractivity contribution is -0.384. The number of aliphatic carboxylic acids is 1. The Kier molecular flexibility index (Phi) is 8.80. The molecule has 5 N–H and O–H groups in total. The number of hydrogen-bond acceptors (Lipinski definition) is 11. The molecule has 1 aromatic carbocycles. The van der Waals surface area contributed by atoms with E-state index in [0.717, 1.165) is 0 Å². The number of fused-ring (bicyclic) bond motifs is 1.